The van der Waals surface area contributed by atoms with Gasteiger partial charge in [-0.3, -0.25) is 14.5 Å². The van der Waals surface area contributed by atoms with Crippen molar-refractivity contribution < 1.29 is 14.7 Å². The summed E-state index contributed by atoms with van der Waals surface area (Å²) >= 11 is 3.32. The summed E-state index contributed by atoms with van der Waals surface area (Å²) in [6.07, 6.45) is 3.32. The lowest BCUT2D eigenvalue weighted by Crippen LogP contribution is -2.47. The van der Waals surface area contributed by atoms with Crippen LogP contribution in [-0.4, -0.2) is 34.0 Å². The van der Waals surface area contributed by atoms with E-state index in [0.29, 0.717) is 29.9 Å². The van der Waals surface area contributed by atoms with Crippen molar-refractivity contribution in [1.82, 2.24) is 4.90 Å². The van der Waals surface area contributed by atoms with Gasteiger partial charge in [-0.15, -0.1) is 0 Å². The van der Waals surface area contributed by atoms with Gasteiger partial charge in [-0.25, -0.2) is 0 Å². The minimum atomic E-state index is -0.942. The third-order valence-corrected chi connectivity index (χ3v) is 4.95. The number of β-amino-alcohol motifs (C(OH)–C–C–N with tert-alkyl or cyclic N) is 1. The van der Waals surface area contributed by atoms with E-state index < -0.39 is 5.60 Å². The Morgan fingerprint density at radius 1 is 1.33 bits per heavy atom. The summed E-state index contributed by atoms with van der Waals surface area (Å²) in [4.78, 5) is 26.0. The van der Waals surface area contributed by atoms with E-state index in [4.69, 9.17) is 0 Å². The van der Waals surface area contributed by atoms with Crippen molar-refractivity contribution in [1.29, 1.82) is 0 Å². The van der Waals surface area contributed by atoms with Gasteiger partial charge >= 0.3 is 0 Å². The fourth-order valence-corrected chi connectivity index (χ4v) is 3.84. The van der Waals surface area contributed by atoms with E-state index >= 15 is 0 Å². The summed E-state index contributed by atoms with van der Waals surface area (Å²) in [6, 6.07) is 5.08. The molecule has 1 N–H and O–H groups in total. The average Bonchev–Trinajstić information content (AvgIpc) is 2.63. The standard InChI is InChI=1S/C16H18BrNO3/c1-10-3-2-6-16(21,8-10)9-18-14(19)12-5-4-11(17)7-13(12)15(18)20/h4-5,7,10,21H,2-3,6,8-9H2,1H3. The number of hydrogen-bond donors (Lipinski definition) is 1. The predicted molar refractivity (Wildman–Crippen MR) is 82.1 cm³/mol. The first kappa shape index (κ1) is 14.7. The number of fused-ring (bicyclic) bond motifs is 1. The van der Waals surface area contributed by atoms with Crippen LogP contribution in [0.5, 0.6) is 0 Å². The SMILES string of the molecule is CC1CCCC(O)(CN2C(=O)c3ccc(Br)cc3C2=O)C1. The van der Waals surface area contributed by atoms with Crippen LogP contribution in [0, 0.1) is 5.92 Å². The molecule has 1 saturated carbocycles. The molecule has 1 aliphatic carbocycles. The van der Waals surface area contributed by atoms with E-state index in [2.05, 4.69) is 22.9 Å². The highest BCUT2D eigenvalue weighted by Crippen LogP contribution is 2.35. The molecule has 1 aliphatic heterocycles. The maximum absolute atomic E-state index is 12.4. The van der Waals surface area contributed by atoms with Crippen molar-refractivity contribution in [2.24, 2.45) is 5.92 Å². The molecular weight excluding hydrogens is 334 g/mol. The van der Waals surface area contributed by atoms with Crippen LogP contribution in [0.15, 0.2) is 22.7 Å². The van der Waals surface area contributed by atoms with Gasteiger partial charge in [0, 0.05) is 4.47 Å². The maximum atomic E-state index is 12.4. The Balaban J connectivity index is 1.85. The molecule has 4 nitrogen and oxygen atoms in total. The first-order chi connectivity index (χ1) is 9.89. The number of carbonyl (C=O) groups excluding carboxylic acids is 2. The molecule has 112 valence electrons. The Bertz CT molecular complexity index is 616. The smallest absolute Gasteiger partial charge is 0.261 e. The van der Waals surface area contributed by atoms with Gasteiger partial charge in [0.05, 0.1) is 23.3 Å². The second-order valence-electron chi connectivity index (χ2n) is 6.31. The van der Waals surface area contributed by atoms with Crippen LogP contribution in [0.3, 0.4) is 0 Å². The van der Waals surface area contributed by atoms with Gasteiger partial charge in [0.2, 0.25) is 0 Å². The highest BCUT2D eigenvalue weighted by molar-refractivity contribution is 9.10. The molecule has 3 rings (SSSR count). The molecule has 1 heterocycles. The average molecular weight is 352 g/mol. The molecule has 0 spiro atoms. The second kappa shape index (κ2) is 5.21. The van der Waals surface area contributed by atoms with Crippen LogP contribution in [0.25, 0.3) is 0 Å². The minimum Gasteiger partial charge on any atom is -0.388 e. The van der Waals surface area contributed by atoms with E-state index in [-0.39, 0.29) is 18.4 Å². The zero-order chi connectivity index (χ0) is 15.2. The Kier molecular flexibility index (Phi) is 3.66. The molecule has 1 aromatic carbocycles. The van der Waals surface area contributed by atoms with Crippen molar-refractivity contribution in [3.63, 3.8) is 0 Å². The van der Waals surface area contributed by atoms with Gasteiger partial charge in [-0.05, 0) is 37.0 Å². The first-order valence-electron chi connectivity index (χ1n) is 7.28. The summed E-state index contributed by atoms with van der Waals surface area (Å²) in [5, 5.41) is 10.7. The first-order valence-corrected chi connectivity index (χ1v) is 8.07. The molecule has 5 heteroatoms. The van der Waals surface area contributed by atoms with E-state index in [1.54, 1.807) is 18.2 Å². The van der Waals surface area contributed by atoms with Crippen molar-refractivity contribution in [2.45, 2.75) is 38.2 Å². The van der Waals surface area contributed by atoms with Crippen molar-refractivity contribution in [3.8, 4) is 0 Å². The molecule has 0 saturated heterocycles. The van der Waals surface area contributed by atoms with Gasteiger partial charge in [-0.1, -0.05) is 35.7 Å². The van der Waals surface area contributed by atoms with Gasteiger partial charge in [0.1, 0.15) is 0 Å². The van der Waals surface area contributed by atoms with Crippen LogP contribution in [-0.2, 0) is 0 Å². The number of imide groups is 1. The minimum absolute atomic E-state index is 0.0985. The zero-order valence-electron chi connectivity index (χ0n) is 11.9. The van der Waals surface area contributed by atoms with Crippen LogP contribution in [0.1, 0.15) is 53.3 Å². The Hall–Kier alpha value is -1.20. The van der Waals surface area contributed by atoms with E-state index in [1.807, 2.05) is 0 Å². The third kappa shape index (κ3) is 2.64. The van der Waals surface area contributed by atoms with Gasteiger partial charge in [-0.2, -0.15) is 0 Å². The molecule has 2 amide bonds. The number of hydrogen-bond acceptors (Lipinski definition) is 3. The Labute approximate surface area is 132 Å². The molecule has 0 radical (unpaired) electrons. The molecule has 2 atom stereocenters. The summed E-state index contributed by atoms with van der Waals surface area (Å²) in [7, 11) is 0. The Morgan fingerprint density at radius 3 is 2.76 bits per heavy atom. The predicted octanol–water partition coefficient (Wildman–Crippen LogP) is 2.99. The summed E-state index contributed by atoms with van der Waals surface area (Å²) in [5.41, 5.74) is -0.0973. The van der Waals surface area contributed by atoms with Crippen LogP contribution < -0.4 is 0 Å². The number of rotatable bonds is 2. The van der Waals surface area contributed by atoms with Gasteiger partial charge in [0.25, 0.3) is 11.8 Å². The van der Waals surface area contributed by atoms with E-state index in [0.717, 1.165) is 17.3 Å². The van der Waals surface area contributed by atoms with Crippen LogP contribution in [0.2, 0.25) is 0 Å². The van der Waals surface area contributed by atoms with Crippen molar-refractivity contribution in [3.05, 3.63) is 33.8 Å². The van der Waals surface area contributed by atoms with E-state index in [1.165, 1.54) is 4.90 Å². The fourth-order valence-electron chi connectivity index (χ4n) is 3.48. The van der Waals surface area contributed by atoms with Crippen LogP contribution >= 0.6 is 15.9 Å². The lowest BCUT2D eigenvalue weighted by atomic mass is 9.78. The molecular formula is C16H18BrNO3. The van der Waals surface area contributed by atoms with Crippen LogP contribution in [0.4, 0.5) is 0 Å². The largest absolute Gasteiger partial charge is 0.388 e. The third-order valence-electron chi connectivity index (χ3n) is 4.45. The van der Waals surface area contributed by atoms with Crippen molar-refractivity contribution in [2.75, 3.05) is 6.54 Å². The monoisotopic (exact) mass is 351 g/mol. The molecule has 21 heavy (non-hydrogen) atoms. The topological polar surface area (TPSA) is 57.6 Å². The number of carbonyl (C=O) groups is 2. The fraction of sp³-hybridized carbons (Fsp3) is 0.500. The summed E-state index contributed by atoms with van der Waals surface area (Å²) in [6.45, 7) is 2.20. The van der Waals surface area contributed by atoms with E-state index in [9.17, 15) is 14.7 Å². The second-order valence-corrected chi connectivity index (χ2v) is 7.23. The Morgan fingerprint density at radius 2 is 2.05 bits per heavy atom. The molecule has 0 bridgehead atoms. The zero-order valence-corrected chi connectivity index (χ0v) is 13.5. The number of halogens is 1. The molecule has 2 aliphatic rings. The molecule has 1 aromatic rings. The molecule has 2 unspecified atom stereocenters. The highest BCUT2D eigenvalue weighted by atomic mass is 79.9. The number of aliphatic hydroxyl groups is 1. The number of nitrogens with zero attached hydrogens (tertiary/aromatic N) is 1. The molecule has 0 aromatic heterocycles. The summed E-state index contributed by atoms with van der Waals surface area (Å²) in [5.74, 6) is -0.176. The van der Waals surface area contributed by atoms with Crippen molar-refractivity contribution >= 4 is 27.7 Å². The van der Waals surface area contributed by atoms with Gasteiger partial charge in [0.15, 0.2) is 0 Å². The normalized spacial score (nSPS) is 28.9. The maximum Gasteiger partial charge on any atom is 0.261 e. The molecule has 1 fully saturated rings. The lowest BCUT2D eigenvalue weighted by Gasteiger charge is -2.37. The quantitative estimate of drug-likeness (QED) is 0.833. The number of benzene rings is 1. The highest BCUT2D eigenvalue weighted by Gasteiger charge is 2.42. The summed E-state index contributed by atoms with van der Waals surface area (Å²) < 4.78 is 0.772. The van der Waals surface area contributed by atoms with Gasteiger partial charge < -0.3 is 5.11 Å². The number of amides is 2. The lowest BCUT2D eigenvalue weighted by molar-refractivity contribution is -0.0309.